The van der Waals surface area contributed by atoms with Crippen LogP contribution >= 0.6 is 11.6 Å². The number of anilines is 1. The van der Waals surface area contributed by atoms with Crippen LogP contribution < -0.4 is 4.90 Å². The molecule has 88 valence electrons. The quantitative estimate of drug-likeness (QED) is 0.746. The number of hydrogen-bond acceptors (Lipinski definition) is 4. The largest absolute Gasteiger partial charge is 0.369 e. The van der Waals surface area contributed by atoms with Crippen molar-refractivity contribution in [2.75, 3.05) is 29.5 Å². The number of aromatic nitrogens is 1. The number of nitrogens with zero attached hydrogens (tertiary/aromatic N) is 2. The summed E-state index contributed by atoms with van der Waals surface area (Å²) in [5.41, 5.74) is 1.81. The maximum absolute atomic E-state index is 11.3. The highest BCUT2D eigenvalue weighted by Gasteiger charge is 2.21. The van der Waals surface area contributed by atoms with Crippen LogP contribution in [0.1, 0.15) is 5.69 Å². The van der Waals surface area contributed by atoms with Crippen LogP contribution in [0.3, 0.4) is 0 Å². The van der Waals surface area contributed by atoms with Crippen molar-refractivity contribution < 1.29 is 8.42 Å². The Kier molecular flexibility index (Phi) is 3.35. The summed E-state index contributed by atoms with van der Waals surface area (Å²) in [6.07, 6.45) is 1.70. The summed E-state index contributed by atoms with van der Waals surface area (Å²) in [5.74, 6) is 0.830. The maximum Gasteiger partial charge on any atom is 0.153 e. The predicted molar refractivity (Wildman–Crippen MR) is 64.7 cm³/mol. The smallest absolute Gasteiger partial charge is 0.153 e. The average molecular weight is 261 g/mol. The number of pyridine rings is 1. The van der Waals surface area contributed by atoms with E-state index in [1.54, 1.807) is 6.20 Å². The molecule has 1 aromatic heterocycles. The van der Waals surface area contributed by atoms with Crippen LogP contribution in [0, 0.1) is 0 Å². The summed E-state index contributed by atoms with van der Waals surface area (Å²) in [7, 11) is -2.82. The Morgan fingerprint density at radius 2 is 2.06 bits per heavy atom. The van der Waals surface area contributed by atoms with Gasteiger partial charge in [-0.1, -0.05) is 0 Å². The Bertz CT molecular complexity index is 461. The molecule has 1 aliphatic rings. The average Bonchev–Trinajstić information content (AvgIpc) is 2.29. The van der Waals surface area contributed by atoms with Gasteiger partial charge in [-0.05, 0) is 12.1 Å². The van der Waals surface area contributed by atoms with Crippen molar-refractivity contribution in [1.82, 2.24) is 4.98 Å². The van der Waals surface area contributed by atoms with Crippen molar-refractivity contribution in [2.45, 2.75) is 5.88 Å². The van der Waals surface area contributed by atoms with E-state index in [9.17, 15) is 8.42 Å². The van der Waals surface area contributed by atoms with Crippen molar-refractivity contribution in [2.24, 2.45) is 0 Å². The van der Waals surface area contributed by atoms with E-state index < -0.39 is 9.84 Å². The topological polar surface area (TPSA) is 50.3 Å². The monoisotopic (exact) mass is 260 g/mol. The van der Waals surface area contributed by atoms with Gasteiger partial charge in [0.1, 0.15) is 0 Å². The van der Waals surface area contributed by atoms with Crippen LogP contribution in [-0.4, -0.2) is 38.0 Å². The molecule has 1 aliphatic heterocycles. The summed E-state index contributed by atoms with van der Waals surface area (Å²) >= 11 is 5.71. The second-order valence-electron chi connectivity index (χ2n) is 3.78. The van der Waals surface area contributed by atoms with Crippen LogP contribution in [0.5, 0.6) is 0 Å². The highest BCUT2D eigenvalue weighted by Crippen LogP contribution is 2.18. The number of sulfone groups is 1. The molecule has 16 heavy (non-hydrogen) atoms. The van der Waals surface area contributed by atoms with E-state index in [2.05, 4.69) is 9.88 Å². The van der Waals surface area contributed by atoms with Gasteiger partial charge in [0.15, 0.2) is 9.84 Å². The molecule has 0 unspecified atom stereocenters. The predicted octanol–water partition coefficient (Wildman–Crippen LogP) is 1.06. The summed E-state index contributed by atoms with van der Waals surface area (Å²) in [6.45, 7) is 1.10. The molecule has 0 aromatic carbocycles. The van der Waals surface area contributed by atoms with Crippen LogP contribution in [-0.2, 0) is 15.7 Å². The fraction of sp³-hybridized carbons (Fsp3) is 0.500. The number of halogens is 1. The lowest BCUT2D eigenvalue weighted by Crippen LogP contribution is -2.40. The van der Waals surface area contributed by atoms with Crippen molar-refractivity contribution in [3.05, 3.63) is 24.0 Å². The lowest BCUT2D eigenvalue weighted by Gasteiger charge is -2.28. The Morgan fingerprint density at radius 1 is 1.38 bits per heavy atom. The van der Waals surface area contributed by atoms with Crippen LogP contribution in [0.25, 0.3) is 0 Å². The first-order valence-electron chi connectivity index (χ1n) is 5.07. The second-order valence-corrected chi connectivity index (χ2v) is 6.35. The van der Waals surface area contributed by atoms with E-state index in [4.69, 9.17) is 11.6 Å². The standard InChI is InChI=1S/C10H13ClN2O2S/c11-8-9-7-10(1-2-12-9)13-3-5-16(14,15)6-4-13/h1-2,7H,3-6,8H2. The molecule has 0 bridgehead atoms. The molecule has 0 N–H and O–H groups in total. The van der Waals surface area contributed by atoms with E-state index in [1.165, 1.54) is 0 Å². The van der Waals surface area contributed by atoms with Crippen molar-refractivity contribution >= 4 is 27.1 Å². The molecule has 1 saturated heterocycles. The van der Waals surface area contributed by atoms with Gasteiger partial charge in [0.05, 0.1) is 23.1 Å². The Balaban J connectivity index is 2.13. The van der Waals surface area contributed by atoms with E-state index in [0.717, 1.165) is 11.4 Å². The number of hydrogen-bond donors (Lipinski definition) is 0. The van der Waals surface area contributed by atoms with E-state index in [-0.39, 0.29) is 11.5 Å². The first-order valence-corrected chi connectivity index (χ1v) is 7.42. The van der Waals surface area contributed by atoms with Crippen molar-refractivity contribution in [1.29, 1.82) is 0 Å². The zero-order chi connectivity index (χ0) is 11.6. The van der Waals surface area contributed by atoms with Gasteiger partial charge in [-0.3, -0.25) is 4.98 Å². The Labute approximate surface area is 100 Å². The minimum Gasteiger partial charge on any atom is -0.369 e. The normalized spacial score (nSPS) is 19.7. The molecule has 1 fully saturated rings. The number of rotatable bonds is 2. The highest BCUT2D eigenvalue weighted by molar-refractivity contribution is 7.91. The first-order chi connectivity index (χ1) is 7.61. The third-order valence-corrected chi connectivity index (χ3v) is 4.53. The molecule has 0 radical (unpaired) electrons. The van der Waals surface area contributed by atoms with Crippen LogP contribution in [0.15, 0.2) is 18.3 Å². The molecule has 0 aliphatic carbocycles. The first kappa shape index (κ1) is 11.7. The summed E-state index contributed by atoms with van der Waals surface area (Å²) in [5, 5.41) is 0. The lowest BCUT2D eigenvalue weighted by molar-refractivity contribution is 0.587. The maximum atomic E-state index is 11.3. The summed E-state index contributed by atoms with van der Waals surface area (Å²) in [6, 6.07) is 3.79. The molecule has 4 nitrogen and oxygen atoms in total. The van der Waals surface area contributed by atoms with E-state index in [0.29, 0.717) is 19.0 Å². The summed E-state index contributed by atoms with van der Waals surface area (Å²) < 4.78 is 22.6. The zero-order valence-corrected chi connectivity index (χ0v) is 10.3. The third-order valence-electron chi connectivity index (χ3n) is 2.65. The van der Waals surface area contributed by atoms with Crippen LogP contribution in [0.4, 0.5) is 5.69 Å². The van der Waals surface area contributed by atoms with Gasteiger partial charge in [-0.2, -0.15) is 0 Å². The number of alkyl halides is 1. The minimum atomic E-state index is -2.82. The Hall–Kier alpha value is -0.810. The third kappa shape index (κ3) is 2.65. The zero-order valence-electron chi connectivity index (χ0n) is 8.76. The second kappa shape index (κ2) is 4.59. The van der Waals surface area contributed by atoms with Crippen molar-refractivity contribution in [3.63, 3.8) is 0 Å². The fourth-order valence-electron chi connectivity index (χ4n) is 1.71. The molecule has 0 saturated carbocycles. The van der Waals surface area contributed by atoms with Gasteiger partial charge < -0.3 is 4.90 Å². The van der Waals surface area contributed by atoms with E-state index in [1.807, 2.05) is 12.1 Å². The SMILES string of the molecule is O=S1(=O)CCN(c2ccnc(CCl)c2)CC1. The molecule has 2 heterocycles. The highest BCUT2D eigenvalue weighted by atomic mass is 35.5. The van der Waals surface area contributed by atoms with Crippen molar-refractivity contribution in [3.8, 4) is 0 Å². The van der Waals surface area contributed by atoms with E-state index >= 15 is 0 Å². The Morgan fingerprint density at radius 3 is 2.69 bits per heavy atom. The van der Waals surface area contributed by atoms with Gasteiger partial charge in [0, 0.05) is 25.0 Å². The molecular formula is C10H13ClN2O2S. The molecule has 0 spiro atoms. The lowest BCUT2D eigenvalue weighted by atomic mass is 10.3. The molecule has 1 aromatic rings. The van der Waals surface area contributed by atoms with Gasteiger partial charge in [-0.25, -0.2) is 8.42 Å². The van der Waals surface area contributed by atoms with Gasteiger partial charge in [-0.15, -0.1) is 11.6 Å². The van der Waals surface area contributed by atoms with Gasteiger partial charge in [0.25, 0.3) is 0 Å². The molecular weight excluding hydrogens is 248 g/mol. The molecule has 0 atom stereocenters. The van der Waals surface area contributed by atoms with Gasteiger partial charge >= 0.3 is 0 Å². The minimum absolute atomic E-state index is 0.228. The molecule has 6 heteroatoms. The summed E-state index contributed by atoms with van der Waals surface area (Å²) in [4.78, 5) is 6.16. The van der Waals surface area contributed by atoms with Gasteiger partial charge in [0.2, 0.25) is 0 Å². The van der Waals surface area contributed by atoms with Crippen LogP contribution in [0.2, 0.25) is 0 Å². The fourth-order valence-corrected chi connectivity index (χ4v) is 3.05. The molecule has 2 rings (SSSR count). The molecule has 0 amide bonds.